The molecule has 0 saturated carbocycles. The lowest BCUT2D eigenvalue weighted by molar-refractivity contribution is 0.408. The molecule has 17 heavy (non-hydrogen) atoms. The number of phenols is 1. The molecule has 0 aliphatic carbocycles. The minimum Gasteiger partial charge on any atom is -0.505 e. The Morgan fingerprint density at radius 1 is 1.35 bits per heavy atom. The molecule has 1 aromatic heterocycles. The monoisotopic (exact) mass is 235 g/mol. The lowest BCUT2D eigenvalue weighted by atomic mass is 10.1. The van der Waals surface area contributed by atoms with E-state index in [1.165, 1.54) is 6.07 Å². The molecule has 3 nitrogen and oxygen atoms in total. The van der Waals surface area contributed by atoms with Gasteiger partial charge in [0.25, 0.3) is 0 Å². The number of halogens is 1. The zero-order valence-corrected chi connectivity index (χ0v) is 9.48. The Labute approximate surface area is 98.9 Å². The van der Waals surface area contributed by atoms with Crippen molar-refractivity contribution in [1.29, 1.82) is 0 Å². The number of aromatic hydroxyl groups is 1. The molecule has 0 aliphatic heterocycles. The van der Waals surface area contributed by atoms with Gasteiger partial charge in [0.15, 0.2) is 11.6 Å². The lowest BCUT2D eigenvalue weighted by Crippen LogP contribution is -2.17. The van der Waals surface area contributed by atoms with Crippen molar-refractivity contribution < 1.29 is 13.9 Å². The van der Waals surface area contributed by atoms with Gasteiger partial charge >= 0.3 is 0 Å². The minimum absolute atomic E-state index is 0.00710. The largest absolute Gasteiger partial charge is 0.505 e. The fourth-order valence-electron chi connectivity index (χ4n) is 1.60. The van der Waals surface area contributed by atoms with E-state index in [2.05, 4.69) is 5.32 Å². The van der Waals surface area contributed by atoms with Gasteiger partial charge in [0.1, 0.15) is 5.76 Å². The van der Waals surface area contributed by atoms with Gasteiger partial charge in [0.2, 0.25) is 0 Å². The van der Waals surface area contributed by atoms with E-state index in [1.807, 2.05) is 19.1 Å². The Bertz CT molecular complexity index is 482. The van der Waals surface area contributed by atoms with Gasteiger partial charge in [0.05, 0.1) is 12.3 Å². The molecule has 4 heteroatoms. The SMILES string of the molecule is C[C@H](NCc1cccc(F)c1O)c1ccco1. The molecule has 2 aromatic rings. The standard InChI is InChI=1S/C13H14FNO2/c1-9(12-6-3-7-17-12)15-8-10-4-2-5-11(14)13(10)16/h2-7,9,15-16H,8H2,1H3/t9-/m0/s1. The van der Waals surface area contributed by atoms with Crippen LogP contribution in [0.1, 0.15) is 24.3 Å². The van der Waals surface area contributed by atoms with Crippen molar-refractivity contribution in [2.24, 2.45) is 0 Å². The lowest BCUT2D eigenvalue weighted by Gasteiger charge is -2.12. The van der Waals surface area contributed by atoms with Crippen LogP contribution in [0.15, 0.2) is 41.0 Å². The minimum atomic E-state index is -0.602. The first-order valence-electron chi connectivity index (χ1n) is 5.41. The van der Waals surface area contributed by atoms with Crippen LogP contribution in [0.2, 0.25) is 0 Å². The van der Waals surface area contributed by atoms with Crippen molar-refractivity contribution in [2.75, 3.05) is 0 Å². The molecule has 1 heterocycles. The average Bonchev–Trinajstić information content (AvgIpc) is 2.84. The highest BCUT2D eigenvalue weighted by atomic mass is 19.1. The Balaban J connectivity index is 2.00. The van der Waals surface area contributed by atoms with Crippen LogP contribution in [-0.4, -0.2) is 5.11 Å². The van der Waals surface area contributed by atoms with E-state index < -0.39 is 5.82 Å². The number of rotatable bonds is 4. The molecule has 2 rings (SSSR count). The number of phenolic OH excluding ortho intramolecular Hbond substituents is 1. The number of hydrogen-bond acceptors (Lipinski definition) is 3. The number of benzene rings is 1. The van der Waals surface area contributed by atoms with E-state index in [0.717, 1.165) is 5.76 Å². The second-order valence-corrected chi connectivity index (χ2v) is 3.87. The molecule has 0 aliphatic rings. The van der Waals surface area contributed by atoms with Crippen LogP contribution < -0.4 is 5.32 Å². The van der Waals surface area contributed by atoms with Crippen LogP contribution in [0.5, 0.6) is 5.75 Å². The highest BCUT2D eigenvalue weighted by Gasteiger charge is 2.10. The summed E-state index contributed by atoms with van der Waals surface area (Å²) in [6, 6.07) is 8.17. The summed E-state index contributed by atoms with van der Waals surface area (Å²) in [5, 5.41) is 12.7. The summed E-state index contributed by atoms with van der Waals surface area (Å²) in [5.41, 5.74) is 0.531. The fourth-order valence-corrected chi connectivity index (χ4v) is 1.60. The molecule has 0 unspecified atom stereocenters. The Hall–Kier alpha value is -1.81. The van der Waals surface area contributed by atoms with E-state index in [0.29, 0.717) is 12.1 Å². The zero-order chi connectivity index (χ0) is 12.3. The second kappa shape index (κ2) is 5.01. The molecule has 0 spiro atoms. The number of para-hydroxylation sites is 1. The van der Waals surface area contributed by atoms with Crippen molar-refractivity contribution in [3.8, 4) is 5.75 Å². The molecule has 0 saturated heterocycles. The molecule has 0 radical (unpaired) electrons. The van der Waals surface area contributed by atoms with E-state index in [4.69, 9.17) is 4.42 Å². The number of hydrogen-bond donors (Lipinski definition) is 2. The summed E-state index contributed by atoms with van der Waals surface area (Å²) in [6.45, 7) is 2.32. The predicted molar refractivity (Wildman–Crippen MR) is 62.0 cm³/mol. The predicted octanol–water partition coefficient (Wildman–Crippen LogP) is 2.98. The quantitative estimate of drug-likeness (QED) is 0.856. The van der Waals surface area contributed by atoms with Gasteiger partial charge in [0, 0.05) is 12.1 Å². The molecular formula is C13H14FNO2. The molecule has 90 valence electrons. The maximum atomic E-state index is 13.1. The normalized spacial score (nSPS) is 12.6. The van der Waals surface area contributed by atoms with Gasteiger partial charge in [-0.05, 0) is 25.1 Å². The smallest absolute Gasteiger partial charge is 0.165 e. The first-order valence-corrected chi connectivity index (χ1v) is 5.41. The highest BCUT2D eigenvalue weighted by molar-refractivity contribution is 5.33. The average molecular weight is 235 g/mol. The summed E-state index contributed by atoms with van der Waals surface area (Å²) in [6.07, 6.45) is 1.60. The van der Waals surface area contributed by atoms with Crippen LogP contribution in [0, 0.1) is 5.82 Å². The van der Waals surface area contributed by atoms with Crippen molar-refractivity contribution in [3.05, 3.63) is 53.7 Å². The molecule has 0 fully saturated rings. The third kappa shape index (κ3) is 2.65. The van der Waals surface area contributed by atoms with Crippen molar-refractivity contribution in [3.63, 3.8) is 0 Å². The molecule has 1 aromatic carbocycles. The van der Waals surface area contributed by atoms with Gasteiger partial charge in [-0.15, -0.1) is 0 Å². The van der Waals surface area contributed by atoms with Gasteiger partial charge in [-0.1, -0.05) is 12.1 Å². The Kier molecular flexibility index (Phi) is 3.44. The van der Waals surface area contributed by atoms with Crippen LogP contribution in [0.25, 0.3) is 0 Å². The Morgan fingerprint density at radius 2 is 2.18 bits per heavy atom. The molecule has 2 N–H and O–H groups in total. The summed E-state index contributed by atoms with van der Waals surface area (Å²) >= 11 is 0. The third-order valence-corrected chi connectivity index (χ3v) is 2.64. The first-order chi connectivity index (χ1) is 8.18. The summed E-state index contributed by atoms with van der Waals surface area (Å²) in [4.78, 5) is 0. The molecule has 0 amide bonds. The van der Waals surface area contributed by atoms with Gasteiger partial charge in [-0.3, -0.25) is 0 Å². The van der Waals surface area contributed by atoms with Gasteiger partial charge in [-0.25, -0.2) is 4.39 Å². The van der Waals surface area contributed by atoms with Crippen LogP contribution in [0.4, 0.5) is 4.39 Å². The van der Waals surface area contributed by atoms with Crippen LogP contribution >= 0.6 is 0 Å². The summed E-state index contributed by atoms with van der Waals surface area (Å²) in [5.74, 6) is -0.0949. The van der Waals surface area contributed by atoms with Crippen LogP contribution in [-0.2, 0) is 6.54 Å². The van der Waals surface area contributed by atoms with E-state index >= 15 is 0 Å². The van der Waals surface area contributed by atoms with Crippen LogP contribution in [0.3, 0.4) is 0 Å². The highest BCUT2D eigenvalue weighted by Crippen LogP contribution is 2.21. The van der Waals surface area contributed by atoms with Crippen molar-refractivity contribution >= 4 is 0 Å². The second-order valence-electron chi connectivity index (χ2n) is 3.87. The molecular weight excluding hydrogens is 221 g/mol. The Morgan fingerprint density at radius 3 is 2.88 bits per heavy atom. The topological polar surface area (TPSA) is 45.4 Å². The maximum Gasteiger partial charge on any atom is 0.165 e. The van der Waals surface area contributed by atoms with Gasteiger partial charge < -0.3 is 14.8 Å². The fraction of sp³-hybridized carbons (Fsp3) is 0.231. The van der Waals surface area contributed by atoms with E-state index in [1.54, 1.807) is 18.4 Å². The van der Waals surface area contributed by atoms with E-state index in [9.17, 15) is 9.50 Å². The summed E-state index contributed by atoms with van der Waals surface area (Å²) in [7, 11) is 0. The first kappa shape index (κ1) is 11.7. The number of furan rings is 1. The zero-order valence-electron chi connectivity index (χ0n) is 9.48. The molecule has 1 atom stereocenters. The molecule has 0 bridgehead atoms. The van der Waals surface area contributed by atoms with Crippen molar-refractivity contribution in [1.82, 2.24) is 5.32 Å². The summed E-state index contributed by atoms with van der Waals surface area (Å²) < 4.78 is 18.3. The van der Waals surface area contributed by atoms with E-state index in [-0.39, 0.29) is 11.8 Å². The number of nitrogens with one attached hydrogen (secondary N) is 1. The third-order valence-electron chi connectivity index (χ3n) is 2.64. The maximum absolute atomic E-state index is 13.1. The van der Waals surface area contributed by atoms with Crippen molar-refractivity contribution in [2.45, 2.75) is 19.5 Å². The van der Waals surface area contributed by atoms with Gasteiger partial charge in [-0.2, -0.15) is 0 Å².